The summed E-state index contributed by atoms with van der Waals surface area (Å²) in [5, 5.41) is 12.8. The number of carbonyl (C=O) groups is 1. The molecule has 158 valence electrons. The van der Waals surface area contributed by atoms with Crippen molar-refractivity contribution in [3.63, 3.8) is 0 Å². The Bertz CT molecular complexity index is 1460. The molecule has 0 aliphatic carbocycles. The second-order valence-corrected chi connectivity index (χ2v) is 8.25. The Balaban J connectivity index is 1.31. The topological polar surface area (TPSA) is 83.6 Å². The number of hydrogen-bond donors (Lipinski definition) is 2. The number of aromatic nitrogens is 4. The third-order valence-corrected chi connectivity index (χ3v) is 5.60. The molecule has 0 aliphatic rings. The van der Waals surface area contributed by atoms with Crippen LogP contribution in [0.15, 0.2) is 67.0 Å². The van der Waals surface area contributed by atoms with Gasteiger partial charge in [-0.1, -0.05) is 17.7 Å². The molecule has 0 saturated heterocycles. The van der Waals surface area contributed by atoms with Gasteiger partial charge in [0.25, 0.3) is 5.91 Å². The molecule has 0 spiro atoms. The molecule has 6 nitrogen and oxygen atoms in total. The van der Waals surface area contributed by atoms with Gasteiger partial charge in [0.05, 0.1) is 23.3 Å². The van der Waals surface area contributed by atoms with Gasteiger partial charge in [-0.05, 0) is 78.6 Å². The van der Waals surface area contributed by atoms with Crippen LogP contribution in [-0.2, 0) is 13.0 Å². The van der Waals surface area contributed by atoms with Crippen molar-refractivity contribution < 1.29 is 4.79 Å². The van der Waals surface area contributed by atoms with E-state index in [4.69, 9.17) is 11.6 Å². The van der Waals surface area contributed by atoms with Crippen molar-refractivity contribution in [3.8, 4) is 0 Å². The Hall–Kier alpha value is -3.77. The Morgan fingerprint density at radius 1 is 1.03 bits per heavy atom. The molecular weight excluding hydrogens is 422 g/mol. The fourth-order valence-electron chi connectivity index (χ4n) is 3.78. The van der Waals surface area contributed by atoms with Crippen molar-refractivity contribution in [3.05, 3.63) is 100 Å². The Morgan fingerprint density at radius 2 is 1.91 bits per heavy atom. The standard InChI is InChI=1S/C25H20ClN5O/c1-15-8-18-10-16(2-4-21(18)28-13-15)9-17-6-7-27-23(11-17)25(32)29-14-24-20-12-19(26)3-5-22(20)30-31-24/h2-8,10-13H,9,14H2,1H3,(H,29,32)(H,30,31). The van der Waals surface area contributed by atoms with Gasteiger partial charge in [-0.25, -0.2) is 0 Å². The first-order chi connectivity index (χ1) is 15.5. The second kappa shape index (κ2) is 8.40. The smallest absolute Gasteiger partial charge is 0.270 e. The van der Waals surface area contributed by atoms with Gasteiger partial charge in [-0.3, -0.25) is 19.9 Å². The highest BCUT2D eigenvalue weighted by molar-refractivity contribution is 6.31. The minimum Gasteiger partial charge on any atom is -0.345 e. The molecule has 2 N–H and O–H groups in total. The van der Waals surface area contributed by atoms with Gasteiger partial charge >= 0.3 is 0 Å². The summed E-state index contributed by atoms with van der Waals surface area (Å²) in [6, 6.07) is 17.6. The Kier molecular flexibility index (Phi) is 5.29. The van der Waals surface area contributed by atoms with Crippen LogP contribution in [0.3, 0.4) is 0 Å². The molecular formula is C25H20ClN5O. The number of rotatable bonds is 5. The summed E-state index contributed by atoms with van der Waals surface area (Å²) in [5.74, 6) is -0.247. The van der Waals surface area contributed by atoms with Crippen molar-refractivity contribution in [1.29, 1.82) is 0 Å². The van der Waals surface area contributed by atoms with E-state index in [9.17, 15) is 4.79 Å². The van der Waals surface area contributed by atoms with E-state index in [1.165, 1.54) is 0 Å². The summed E-state index contributed by atoms with van der Waals surface area (Å²) in [7, 11) is 0. The van der Waals surface area contributed by atoms with Gasteiger partial charge in [-0.2, -0.15) is 5.10 Å². The van der Waals surface area contributed by atoms with Crippen molar-refractivity contribution in [1.82, 2.24) is 25.5 Å². The minimum absolute atomic E-state index is 0.247. The number of hydrogen-bond acceptors (Lipinski definition) is 4. The average Bonchev–Trinajstić information content (AvgIpc) is 3.19. The lowest BCUT2D eigenvalue weighted by Crippen LogP contribution is -2.24. The summed E-state index contributed by atoms with van der Waals surface area (Å²) in [6.45, 7) is 2.31. The number of amides is 1. The highest BCUT2D eigenvalue weighted by Gasteiger charge is 2.12. The van der Waals surface area contributed by atoms with Crippen molar-refractivity contribution in [2.45, 2.75) is 19.9 Å². The number of fused-ring (bicyclic) bond motifs is 2. The number of H-pyrrole nitrogens is 1. The summed E-state index contributed by atoms with van der Waals surface area (Å²) in [6.07, 6.45) is 4.24. The van der Waals surface area contributed by atoms with E-state index in [0.29, 0.717) is 17.1 Å². The lowest BCUT2D eigenvalue weighted by atomic mass is 10.0. The zero-order valence-electron chi connectivity index (χ0n) is 17.4. The van der Waals surface area contributed by atoms with Gasteiger partial charge in [-0.15, -0.1) is 0 Å². The van der Waals surface area contributed by atoms with Gasteiger partial charge in [0.15, 0.2) is 0 Å². The Labute approximate surface area is 189 Å². The molecule has 0 radical (unpaired) electrons. The van der Waals surface area contributed by atoms with E-state index < -0.39 is 0 Å². The lowest BCUT2D eigenvalue weighted by molar-refractivity contribution is 0.0945. The van der Waals surface area contributed by atoms with Gasteiger partial charge in [0.1, 0.15) is 5.69 Å². The molecule has 0 fully saturated rings. The maximum Gasteiger partial charge on any atom is 0.270 e. The first-order valence-electron chi connectivity index (χ1n) is 10.3. The molecule has 7 heteroatoms. The van der Waals surface area contributed by atoms with Crippen molar-refractivity contribution in [2.75, 3.05) is 0 Å². The summed E-state index contributed by atoms with van der Waals surface area (Å²) in [4.78, 5) is 21.4. The van der Waals surface area contributed by atoms with Crippen LogP contribution in [0.25, 0.3) is 21.8 Å². The molecule has 2 aromatic carbocycles. The number of aromatic amines is 1. The van der Waals surface area contributed by atoms with E-state index in [1.807, 2.05) is 43.5 Å². The normalized spacial score (nSPS) is 11.2. The maximum atomic E-state index is 12.7. The molecule has 32 heavy (non-hydrogen) atoms. The molecule has 3 aromatic heterocycles. The van der Waals surface area contributed by atoms with E-state index >= 15 is 0 Å². The van der Waals surface area contributed by atoms with Gasteiger partial charge in [0, 0.05) is 28.2 Å². The number of benzene rings is 2. The first-order valence-corrected chi connectivity index (χ1v) is 10.6. The maximum absolute atomic E-state index is 12.7. The van der Waals surface area contributed by atoms with Crippen LogP contribution in [-0.4, -0.2) is 26.1 Å². The fourth-order valence-corrected chi connectivity index (χ4v) is 3.95. The quantitative estimate of drug-likeness (QED) is 0.402. The molecule has 5 rings (SSSR count). The van der Waals surface area contributed by atoms with E-state index in [1.54, 1.807) is 12.3 Å². The molecule has 0 atom stereocenters. The van der Waals surface area contributed by atoms with Crippen LogP contribution >= 0.6 is 11.6 Å². The minimum atomic E-state index is -0.247. The predicted molar refractivity (Wildman–Crippen MR) is 126 cm³/mol. The third-order valence-electron chi connectivity index (χ3n) is 5.37. The molecule has 1 amide bonds. The van der Waals surface area contributed by atoms with Crippen LogP contribution in [0.1, 0.15) is 32.9 Å². The van der Waals surface area contributed by atoms with Crippen molar-refractivity contribution in [2.24, 2.45) is 0 Å². The van der Waals surface area contributed by atoms with Crippen LogP contribution in [0, 0.1) is 6.92 Å². The predicted octanol–water partition coefficient (Wildman–Crippen LogP) is 4.99. The third kappa shape index (κ3) is 4.18. The highest BCUT2D eigenvalue weighted by atomic mass is 35.5. The SMILES string of the molecule is Cc1cnc2ccc(Cc3ccnc(C(=O)NCc4n[nH]c5ccc(Cl)cc45)c3)cc2c1. The molecule has 0 aliphatic heterocycles. The monoisotopic (exact) mass is 441 g/mol. The molecule has 5 aromatic rings. The number of nitrogens with one attached hydrogen (secondary N) is 2. The van der Waals surface area contributed by atoms with Gasteiger partial charge < -0.3 is 5.32 Å². The largest absolute Gasteiger partial charge is 0.345 e. The number of aryl methyl sites for hydroxylation is 1. The lowest BCUT2D eigenvalue weighted by Gasteiger charge is -2.07. The second-order valence-electron chi connectivity index (χ2n) is 7.81. The van der Waals surface area contributed by atoms with Gasteiger partial charge in [0.2, 0.25) is 0 Å². The zero-order valence-corrected chi connectivity index (χ0v) is 18.1. The first kappa shape index (κ1) is 20.2. The number of pyridine rings is 2. The molecule has 0 bridgehead atoms. The molecule has 0 saturated carbocycles. The number of halogens is 1. The Morgan fingerprint density at radius 3 is 2.81 bits per heavy atom. The molecule has 0 unspecified atom stereocenters. The van der Waals surface area contributed by atoms with Crippen LogP contribution in [0.2, 0.25) is 5.02 Å². The van der Waals surface area contributed by atoms with Crippen LogP contribution in [0.5, 0.6) is 0 Å². The van der Waals surface area contributed by atoms with Crippen molar-refractivity contribution >= 4 is 39.3 Å². The highest BCUT2D eigenvalue weighted by Crippen LogP contribution is 2.21. The summed E-state index contributed by atoms with van der Waals surface area (Å²) in [5.41, 5.74) is 6.25. The van der Waals surface area contributed by atoms with E-state index in [-0.39, 0.29) is 12.5 Å². The van der Waals surface area contributed by atoms with Crippen LogP contribution in [0.4, 0.5) is 0 Å². The number of carbonyl (C=O) groups excluding carboxylic acids is 1. The van der Waals surface area contributed by atoms with Crippen LogP contribution < -0.4 is 5.32 Å². The summed E-state index contributed by atoms with van der Waals surface area (Å²) >= 11 is 6.09. The molecule has 3 heterocycles. The summed E-state index contributed by atoms with van der Waals surface area (Å²) < 4.78 is 0. The van der Waals surface area contributed by atoms with E-state index in [0.717, 1.165) is 44.2 Å². The van der Waals surface area contributed by atoms with E-state index in [2.05, 4.69) is 43.7 Å². The fraction of sp³-hybridized carbons (Fsp3) is 0.120. The number of nitrogens with zero attached hydrogens (tertiary/aromatic N) is 3. The average molecular weight is 442 g/mol. The zero-order chi connectivity index (χ0) is 22.1.